The van der Waals surface area contributed by atoms with Crippen molar-refractivity contribution < 1.29 is 0 Å². The summed E-state index contributed by atoms with van der Waals surface area (Å²) >= 11 is 0. The van der Waals surface area contributed by atoms with E-state index in [2.05, 4.69) is 15.2 Å². The first-order valence-electron chi connectivity index (χ1n) is 7.16. The van der Waals surface area contributed by atoms with Gasteiger partial charge < -0.3 is 0 Å². The van der Waals surface area contributed by atoms with Crippen molar-refractivity contribution in [3.8, 4) is 22.8 Å². The monoisotopic (exact) mass is 286 g/mol. The highest BCUT2D eigenvalue weighted by Gasteiger charge is 2.12. The standard InChI is InChI=1S/C18H14N4/c1-12-11-16(22-21-12)17-14-9-5-6-10-15(14)19-18(20-17)13-7-3-2-4-8-13/h2-11H,1H3,(H,21,22). The molecule has 0 saturated carbocycles. The van der Waals surface area contributed by atoms with Crippen LogP contribution < -0.4 is 0 Å². The van der Waals surface area contributed by atoms with E-state index < -0.39 is 0 Å². The molecule has 4 nitrogen and oxygen atoms in total. The lowest BCUT2D eigenvalue weighted by Crippen LogP contribution is -1.95. The summed E-state index contributed by atoms with van der Waals surface area (Å²) in [6.07, 6.45) is 0. The van der Waals surface area contributed by atoms with Gasteiger partial charge in [0.05, 0.1) is 5.52 Å². The Hall–Kier alpha value is -3.01. The van der Waals surface area contributed by atoms with Crippen LogP contribution in [0, 0.1) is 6.92 Å². The third-order valence-corrected chi connectivity index (χ3v) is 3.58. The van der Waals surface area contributed by atoms with Gasteiger partial charge in [0.1, 0.15) is 11.4 Å². The molecule has 0 aliphatic rings. The minimum atomic E-state index is 0.718. The molecule has 2 heterocycles. The average Bonchev–Trinajstić information content (AvgIpc) is 3.01. The van der Waals surface area contributed by atoms with Gasteiger partial charge in [0.25, 0.3) is 0 Å². The maximum Gasteiger partial charge on any atom is 0.160 e. The van der Waals surface area contributed by atoms with Crippen molar-refractivity contribution in [1.29, 1.82) is 0 Å². The number of H-pyrrole nitrogens is 1. The molecule has 0 bridgehead atoms. The molecule has 4 aromatic rings. The van der Waals surface area contributed by atoms with Crippen LogP contribution in [-0.4, -0.2) is 20.2 Å². The highest BCUT2D eigenvalue weighted by atomic mass is 15.1. The summed E-state index contributed by atoms with van der Waals surface area (Å²) in [6, 6.07) is 20.0. The molecular weight excluding hydrogens is 272 g/mol. The molecule has 0 fully saturated rings. The minimum absolute atomic E-state index is 0.718. The normalized spacial score (nSPS) is 11.0. The molecule has 2 aromatic heterocycles. The Balaban J connectivity index is 2.01. The Morgan fingerprint density at radius 1 is 0.864 bits per heavy atom. The molecule has 0 aliphatic heterocycles. The number of aromatic nitrogens is 4. The van der Waals surface area contributed by atoms with E-state index in [1.54, 1.807) is 0 Å². The van der Waals surface area contributed by atoms with Crippen LogP contribution >= 0.6 is 0 Å². The molecular formula is C18H14N4. The number of fused-ring (bicyclic) bond motifs is 1. The van der Waals surface area contributed by atoms with Gasteiger partial charge in [-0.1, -0.05) is 48.5 Å². The molecule has 0 aliphatic carbocycles. The molecule has 1 N–H and O–H groups in total. The summed E-state index contributed by atoms with van der Waals surface area (Å²) in [5, 5.41) is 8.34. The Labute approximate surface area is 127 Å². The maximum atomic E-state index is 4.76. The van der Waals surface area contributed by atoms with Crippen LogP contribution in [0.15, 0.2) is 60.7 Å². The molecule has 0 spiro atoms. The smallest absolute Gasteiger partial charge is 0.160 e. The molecule has 22 heavy (non-hydrogen) atoms. The SMILES string of the molecule is Cc1cc(-c2nc(-c3ccccc3)nc3ccccc23)n[nH]1. The summed E-state index contributed by atoms with van der Waals surface area (Å²) in [5.41, 5.74) is 4.63. The van der Waals surface area contributed by atoms with Gasteiger partial charge in [0.15, 0.2) is 5.82 Å². The summed E-state index contributed by atoms with van der Waals surface area (Å²) in [7, 11) is 0. The van der Waals surface area contributed by atoms with Crippen molar-refractivity contribution in [3.63, 3.8) is 0 Å². The molecule has 2 aromatic carbocycles. The molecule has 0 radical (unpaired) electrons. The summed E-state index contributed by atoms with van der Waals surface area (Å²) in [6.45, 7) is 1.98. The van der Waals surface area contributed by atoms with Gasteiger partial charge in [0.2, 0.25) is 0 Å². The fourth-order valence-electron chi connectivity index (χ4n) is 2.53. The lowest BCUT2D eigenvalue weighted by Gasteiger charge is -2.07. The van der Waals surface area contributed by atoms with E-state index in [1.165, 1.54) is 0 Å². The number of rotatable bonds is 2. The number of nitrogens with one attached hydrogen (secondary N) is 1. The van der Waals surface area contributed by atoms with Crippen LogP contribution in [0.3, 0.4) is 0 Å². The molecule has 0 amide bonds. The van der Waals surface area contributed by atoms with Crippen LogP contribution in [0.2, 0.25) is 0 Å². The van der Waals surface area contributed by atoms with E-state index in [0.717, 1.165) is 39.4 Å². The number of aryl methyl sites for hydroxylation is 1. The number of hydrogen-bond donors (Lipinski definition) is 1. The van der Waals surface area contributed by atoms with Crippen LogP contribution in [0.25, 0.3) is 33.7 Å². The van der Waals surface area contributed by atoms with Crippen LogP contribution in [0.1, 0.15) is 5.69 Å². The van der Waals surface area contributed by atoms with E-state index in [0.29, 0.717) is 0 Å². The highest BCUT2D eigenvalue weighted by Crippen LogP contribution is 2.27. The van der Waals surface area contributed by atoms with Gasteiger partial charge in [-0.3, -0.25) is 5.10 Å². The molecule has 0 saturated heterocycles. The van der Waals surface area contributed by atoms with Gasteiger partial charge in [-0.25, -0.2) is 9.97 Å². The Kier molecular flexibility index (Phi) is 2.93. The van der Waals surface area contributed by atoms with Crippen molar-refractivity contribution in [2.24, 2.45) is 0 Å². The van der Waals surface area contributed by atoms with Crippen molar-refractivity contribution in [2.45, 2.75) is 6.92 Å². The topological polar surface area (TPSA) is 54.5 Å². The van der Waals surface area contributed by atoms with Gasteiger partial charge in [-0.05, 0) is 19.1 Å². The average molecular weight is 286 g/mol. The van der Waals surface area contributed by atoms with E-state index in [9.17, 15) is 0 Å². The minimum Gasteiger partial charge on any atom is -0.282 e. The van der Waals surface area contributed by atoms with Crippen molar-refractivity contribution in [1.82, 2.24) is 20.2 Å². The highest BCUT2D eigenvalue weighted by molar-refractivity contribution is 5.92. The van der Waals surface area contributed by atoms with E-state index >= 15 is 0 Å². The lowest BCUT2D eigenvalue weighted by molar-refractivity contribution is 1.04. The first-order chi connectivity index (χ1) is 10.8. The van der Waals surface area contributed by atoms with Crippen molar-refractivity contribution in [2.75, 3.05) is 0 Å². The first-order valence-corrected chi connectivity index (χ1v) is 7.16. The zero-order valence-corrected chi connectivity index (χ0v) is 12.1. The van der Waals surface area contributed by atoms with Crippen LogP contribution in [-0.2, 0) is 0 Å². The third-order valence-electron chi connectivity index (χ3n) is 3.58. The number of aromatic amines is 1. The second kappa shape index (κ2) is 5.07. The predicted octanol–water partition coefficient (Wildman–Crippen LogP) is 4.00. The fourth-order valence-corrected chi connectivity index (χ4v) is 2.53. The predicted molar refractivity (Wildman–Crippen MR) is 87.3 cm³/mol. The van der Waals surface area contributed by atoms with Crippen molar-refractivity contribution >= 4 is 10.9 Å². The van der Waals surface area contributed by atoms with Gasteiger partial charge >= 0.3 is 0 Å². The van der Waals surface area contributed by atoms with Crippen LogP contribution in [0.5, 0.6) is 0 Å². The summed E-state index contributed by atoms with van der Waals surface area (Å²) < 4.78 is 0. The molecule has 0 unspecified atom stereocenters. The maximum absolute atomic E-state index is 4.76. The first kappa shape index (κ1) is 12.7. The second-order valence-corrected chi connectivity index (χ2v) is 5.22. The Morgan fingerprint density at radius 3 is 2.41 bits per heavy atom. The zero-order valence-electron chi connectivity index (χ0n) is 12.1. The second-order valence-electron chi connectivity index (χ2n) is 5.22. The Bertz CT molecular complexity index is 942. The van der Waals surface area contributed by atoms with E-state index in [1.807, 2.05) is 67.6 Å². The summed E-state index contributed by atoms with van der Waals surface area (Å²) in [4.78, 5) is 9.45. The number of para-hydroxylation sites is 1. The molecule has 4 heteroatoms. The quantitative estimate of drug-likeness (QED) is 0.606. The van der Waals surface area contributed by atoms with Gasteiger partial charge in [-0.2, -0.15) is 5.10 Å². The molecule has 4 rings (SSSR count). The largest absolute Gasteiger partial charge is 0.282 e. The lowest BCUT2D eigenvalue weighted by atomic mass is 10.1. The van der Waals surface area contributed by atoms with E-state index in [-0.39, 0.29) is 0 Å². The van der Waals surface area contributed by atoms with Gasteiger partial charge in [0, 0.05) is 16.6 Å². The molecule has 0 atom stereocenters. The Morgan fingerprint density at radius 2 is 1.64 bits per heavy atom. The van der Waals surface area contributed by atoms with Gasteiger partial charge in [-0.15, -0.1) is 0 Å². The number of nitrogens with zero attached hydrogens (tertiary/aromatic N) is 3. The summed E-state index contributed by atoms with van der Waals surface area (Å²) in [5.74, 6) is 0.718. The molecule has 106 valence electrons. The van der Waals surface area contributed by atoms with E-state index in [4.69, 9.17) is 4.98 Å². The number of benzene rings is 2. The van der Waals surface area contributed by atoms with Crippen molar-refractivity contribution in [3.05, 3.63) is 66.4 Å². The third kappa shape index (κ3) is 2.15. The number of hydrogen-bond acceptors (Lipinski definition) is 3. The van der Waals surface area contributed by atoms with Crippen LogP contribution in [0.4, 0.5) is 0 Å². The fraction of sp³-hybridized carbons (Fsp3) is 0.0556. The zero-order chi connectivity index (χ0) is 14.9.